The highest BCUT2D eigenvalue weighted by Gasteiger charge is 2.20. The summed E-state index contributed by atoms with van der Waals surface area (Å²) in [5.74, 6) is 0. The fourth-order valence-corrected chi connectivity index (χ4v) is 9.96. The topological polar surface area (TPSA) is 13.1 Å². The van der Waals surface area contributed by atoms with Gasteiger partial charge in [0.25, 0.3) is 0 Å². The Labute approximate surface area is 316 Å². The molecule has 2 heteroatoms. The van der Waals surface area contributed by atoms with Crippen LogP contribution in [0.15, 0.2) is 175 Å². The van der Waals surface area contributed by atoms with Gasteiger partial charge in [0.2, 0.25) is 0 Å². The van der Waals surface area contributed by atoms with Crippen molar-refractivity contribution >= 4 is 97.9 Å². The summed E-state index contributed by atoms with van der Waals surface area (Å²) in [4.78, 5) is 0. The highest BCUT2D eigenvalue weighted by Crippen LogP contribution is 2.47. The molecule has 0 saturated carbocycles. The van der Waals surface area contributed by atoms with Crippen molar-refractivity contribution in [3.8, 4) is 33.4 Å². The second-order valence-corrected chi connectivity index (χ2v) is 15.1. The van der Waals surface area contributed by atoms with Crippen molar-refractivity contribution < 1.29 is 4.42 Å². The van der Waals surface area contributed by atoms with Crippen LogP contribution in [-0.4, -0.2) is 0 Å². The average molecular weight is 705 g/mol. The van der Waals surface area contributed by atoms with Gasteiger partial charge in [-0.15, -0.1) is 11.3 Å². The Morgan fingerprint density at radius 1 is 0.426 bits per heavy atom. The predicted molar refractivity (Wildman–Crippen MR) is 236 cm³/mol. The minimum atomic E-state index is 0.905. The lowest BCUT2D eigenvalue weighted by atomic mass is 9.84. The summed E-state index contributed by atoms with van der Waals surface area (Å²) in [6.07, 6.45) is 3.87. The molecule has 0 spiro atoms. The number of rotatable bonds is 5. The van der Waals surface area contributed by atoms with Gasteiger partial charge in [0.05, 0.1) is 0 Å². The first-order chi connectivity index (χ1) is 26.7. The molecule has 0 unspecified atom stereocenters. The van der Waals surface area contributed by atoms with Gasteiger partial charge in [0, 0.05) is 36.3 Å². The van der Waals surface area contributed by atoms with E-state index in [1.807, 2.05) is 23.5 Å². The summed E-state index contributed by atoms with van der Waals surface area (Å²) >= 11 is 1.86. The van der Waals surface area contributed by atoms with Gasteiger partial charge in [-0.05, 0) is 102 Å². The van der Waals surface area contributed by atoms with Crippen LogP contribution in [0.4, 0.5) is 0 Å². The molecule has 54 heavy (non-hydrogen) atoms. The summed E-state index contributed by atoms with van der Waals surface area (Å²) in [7, 11) is 0. The van der Waals surface area contributed by atoms with Crippen LogP contribution in [0.3, 0.4) is 0 Å². The second kappa shape index (κ2) is 11.9. The molecular weight excluding hydrogens is 673 g/mol. The van der Waals surface area contributed by atoms with Gasteiger partial charge in [-0.25, -0.2) is 0 Å². The van der Waals surface area contributed by atoms with Crippen molar-refractivity contribution in [2.75, 3.05) is 0 Å². The van der Waals surface area contributed by atoms with E-state index in [1.54, 1.807) is 0 Å². The normalized spacial score (nSPS) is 11.9. The molecule has 0 N–H and O–H groups in total. The van der Waals surface area contributed by atoms with Crippen LogP contribution in [0, 0.1) is 0 Å². The third-order valence-electron chi connectivity index (χ3n) is 11.2. The minimum Gasteiger partial charge on any atom is -0.456 e. The summed E-state index contributed by atoms with van der Waals surface area (Å²) in [6.45, 7) is 8.27. The largest absolute Gasteiger partial charge is 0.456 e. The van der Waals surface area contributed by atoms with Crippen molar-refractivity contribution in [3.05, 3.63) is 182 Å². The monoisotopic (exact) mass is 704 g/mol. The van der Waals surface area contributed by atoms with Crippen LogP contribution in [-0.2, 0) is 0 Å². The maximum atomic E-state index is 6.62. The zero-order valence-electron chi connectivity index (χ0n) is 29.4. The molecule has 0 bridgehead atoms. The maximum absolute atomic E-state index is 6.62. The SMILES string of the molecule is C=Cc1cccc(-c2c3ccccc3c(-c3ccc(-c4ccc5c(c4)oc4ccc6ccc7sc8ccccc8c7c6c45)cc3)c3ccccc23)c1C=C. The van der Waals surface area contributed by atoms with E-state index in [9.17, 15) is 0 Å². The van der Waals surface area contributed by atoms with E-state index in [-0.39, 0.29) is 0 Å². The van der Waals surface area contributed by atoms with E-state index in [1.165, 1.54) is 80.1 Å². The van der Waals surface area contributed by atoms with E-state index in [4.69, 9.17) is 4.42 Å². The van der Waals surface area contributed by atoms with Gasteiger partial charge in [-0.2, -0.15) is 0 Å². The number of hydrogen-bond donors (Lipinski definition) is 0. The fraction of sp³-hybridized carbons (Fsp3) is 0. The molecule has 2 aromatic heterocycles. The quantitative estimate of drug-likeness (QED) is 0.163. The number of furan rings is 1. The van der Waals surface area contributed by atoms with Gasteiger partial charge < -0.3 is 4.42 Å². The van der Waals surface area contributed by atoms with Crippen molar-refractivity contribution in [2.24, 2.45) is 0 Å². The molecule has 0 aliphatic carbocycles. The van der Waals surface area contributed by atoms with E-state index >= 15 is 0 Å². The minimum absolute atomic E-state index is 0.905. The highest BCUT2D eigenvalue weighted by molar-refractivity contribution is 7.26. The van der Waals surface area contributed by atoms with Gasteiger partial charge in [-0.3, -0.25) is 0 Å². The summed E-state index contributed by atoms with van der Waals surface area (Å²) in [6, 6.07) is 57.3. The lowest BCUT2D eigenvalue weighted by Gasteiger charge is -2.19. The van der Waals surface area contributed by atoms with Crippen LogP contribution in [0.5, 0.6) is 0 Å². The first-order valence-electron chi connectivity index (χ1n) is 18.3. The van der Waals surface area contributed by atoms with Crippen LogP contribution in [0.25, 0.3) is 120 Å². The molecule has 0 saturated heterocycles. The van der Waals surface area contributed by atoms with Crippen molar-refractivity contribution in [1.82, 2.24) is 0 Å². The number of benzene rings is 9. The third kappa shape index (κ3) is 4.44. The van der Waals surface area contributed by atoms with E-state index in [0.29, 0.717) is 0 Å². The Morgan fingerprint density at radius 3 is 1.80 bits per heavy atom. The fourth-order valence-electron chi connectivity index (χ4n) is 8.84. The third-order valence-corrected chi connectivity index (χ3v) is 12.4. The van der Waals surface area contributed by atoms with Gasteiger partial charge in [0.1, 0.15) is 11.2 Å². The van der Waals surface area contributed by atoms with E-state index in [2.05, 4.69) is 171 Å². The van der Waals surface area contributed by atoms with Crippen LogP contribution < -0.4 is 0 Å². The maximum Gasteiger partial charge on any atom is 0.136 e. The zero-order chi connectivity index (χ0) is 35.9. The first-order valence-corrected chi connectivity index (χ1v) is 19.1. The first kappa shape index (κ1) is 30.8. The molecule has 0 amide bonds. The Bertz CT molecular complexity index is 3300. The number of fused-ring (bicyclic) bond motifs is 11. The number of hydrogen-bond acceptors (Lipinski definition) is 2. The van der Waals surface area contributed by atoms with Gasteiger partial charge in [-0.1, -0.05) is 153 Å². The van der Waals surface area contributed by atoms with E-state index in [0.717, 1.165) is 38.8 Å². The summed E-state index contributed by atoms with van der Waals surface area (Å²) in [5, 5.41) is 12.4. The predicted octanol–water partition coefficient (Wildman–Crippen LogP) is 15.7. The van der Waals surface area contributed by atoms with Gasteiger partial charge in [0.15, 0.2) is 0 Å². The van der Waals surface area contributed by atoms with Crippen molar-refractivity contribution in [1.29, 1.82) is 0 Å². The van der Waals surface area contributed by atoms with Crippen molar-refractivity contribution in [2.45, 2.75) is 0 Å². The average Bonchev–Trinajstić information content (AvgIpc) is 3.81. The molecule has 9 aromatic carbocycles. The summed E-state index contributed by atoms with van der Waals surface area (Å²) < 4.78 is 9.24. The molecule has 0 atom stereocenters. The molecule has 11 aromatic rings. The standard InChI is InChI=1S/C52H32OS/c1-3-31-12-11-18-37(36(31)4-2)50-40-15-7-5-13-38(40)48(39-14-6-8-16-41(39)50)33-22-20-32(21-23-33)35-24-27-42-45(30-35)53-44-28-25-34-26-29-47-52(49(34)51(42)44)43-17-9-10-19-46(43)54-47/h3-30H,1-2H2. The molecule has 11 rings (SSSR count). The molecular formula is C52H32OS. The number of thiophene rings is 1. The molecule has 0 aliphatic heterocycles. The lowest BCUT2D eigenvalue weighted by Crippen LogP contribution is -1.93. The van der Waals surface area contributed by atoms with Crippen LogP contribution in [0.2, 0.25) is 0 Å². The Morgan fingerprint density at radius 2 is 1.07 bits per heavy atom. The van der Waals surface area contributed by atoms with Crippen LogP contribution in [0.1, 0.15) is 11.1 Å². The Hall–Kier alpha value is -6.74. The Balaban J connectivity index is 1.06. The zero-order valence-corrected chi connectivity index (χ0v) is 30.2. The molecule has 0 fully saturated rings. The molecule has 0 radical (unpaired) electrons. The van der Waals surface area contributed by atoms with Gasteiger partial charge >= 0.3 is 0 Å². The smallest absolute Gasteiger partial charge is 0.136 e. The van der Waals surface area contributed by atoms with Crippen molar-refractivity contribution in [3.63, 3.8) is 0 Å². The molecule has 1 nitrogen and oxygen atoms in total. The second-order valence-electron chi connectivity index (χ2n) is 14.0. The molecule has 2 heterocycles. The highest BCUT2D eigenvalue weighted by atomic mass is 32.1. The van der Waals surface area contributed by atoms with Crippen LogP contribution >= 0.6 is 11.3 Å². The summed E-state index contributed by atoms with van der Waals surface area (Å²) in [5.41, 5.74) is 11.1. The lowest BCUT2D eigenvalue weighted by molar-refractivity contribution is 0.669. The van der Waals surface area contributed by atoms with E-state index < -0.39 is 0 Å². The Kier molecular flexibility index (Phi) is 6.79. The molecule has 0 aliphatic rings. The molecule has 252 valence electrons.